The van der Waals surface area contributed by atoms with E-state index in [-0.39, 0.29) is 11.3 Å². The fourth-order valence-corrected chi connectivity index (χ4v) is 2.44. The number of anilines is 1. The van der Waals surface area contributed by atoms with Crippen molar-refractivity contribution >= 4 is 22.4 Å². The molecule has 0 aliphatic heterocycles. The molecule has 3 N–H and O–H groups in total. The minimum Gasteiger partial charge on any atom is -0.507 e. The maximum Gasteiger partial charge on any atom is 0.339 e. The first-order valence-corrected chi connectivity index (χ1v) is 7.55. The van der Waals surface area contributed by atoms with Gasteiger partial charge in [-0.05, 0) is 41.1 Å². The largest absolute Gasteiger partial charge is 0.507 e. The Labute approximate surface area is 139 Å². The Balaban J connectivity index is 1.56. The van der Waals surface area contributed by atoms with Crippen LogP contribution in [0.3, 0.4) is 0 Å². The van der Waals surface area contributed by atoms with E-state index >= 15 is 0 Å². The summed E-state index contributed by atoms with van der Waals surface area (Å²) in [5.41, 5.74) is 0.489. The van der Waals surface area contributed by atoms with E-state index in [0.29, 0.717) is 18.8 Å². The second kappa shape index (κ2) is 6.91. The molecular weight excluding hydrogens is 306 g/mol. The van der Waals surface area contributed by atoms with Gasteiger partial charge in [-0.2, -0.15) is 0 Å². The van der Waals surface area contributed by atoms with Crippen LogP contribution in [-0.4, -0.2) is 29.3 Å². The smallest absolute Gasteiger partial charge is 0.339 e. The van der Waals surface area contributed by atoms with Crippen molar-refractivity contribution in [1.29, 1.82) is 0 Å². The molecule has 3 aromatic rings. The van der Waals surface area contributed by atoms with Gasteiger partial charge in [0.25, 0.3) is 0 Å². The first-order chi connectivity index (χ1) is 11.6. The quantitative estimate of drug-likeness (QED) is 0.476. The lowest BCUT2D eigenvalue weighted by Gasteiger charge is -2.10. The molecule has 0 aliphatic carbocycles. The van der Waals surface area contributed by atoms with Crippen molar-refractivity contribution in [1.82, 2.24) is 0 Å². The van der Waals surface area contributed by atoms with Gasteiger partial charge >= 0.3 is 5.97 Å². The number of nitrogens with one attached hydrogen (secondary N) is 1. The molecule has 3 aromatic carbocycles. The van der Waals surface area contributed by atoms with Crippen LogP contribution in [0.25, 0.3) is 10.8 Å². The van der Waals surface area contributed by atoms with Crippen molar-refractivity contribution in [3.8, 4) is 11.5 Å². The highest BCUT2D eigenvalue weighted by atomic mass is 16.5. The van der Waals surface area contributed by atoms with E-state index < -0.39 is 5.97 Å². The third-order valence-electron chi connectivity index (χ3n) is 3.65. The maximum atomic E-state index is 11.0. The Kier molecular flexibility index (Phi) is 4.52. The number of benzene rings is 3. The third-order valence-corrected chi connectivity index (χ3v) is 3.65. The van der Waals surface area contributed by atoms with Crippen LogP contribution in [0.2, 0.25) is 0 Å². The minimum absolute atomic E-state index is 0.129. The topological polar surface area (TPSA) is 78.8 Å². The van der Waals surface area contributed by atoms with Gasteiger partial charge in [-0.15, -0.1) is 0 Å². The van der Waals surface area contributed by atoms with Crippen LogP contribution in [0.15, 0.2) is 60.7 Å². The lowest BCUT2D eigenvalue weighted by molar-refractivity contribution is 0.0694. The van der Waals surface area contributed by atoms with Crippen molar-refractivity contribution in [2.24, 2.45) is 0 Å². The second-order valence-corrected chi connectivity index (χ2v) is 5.32. The number of aromatic carboxylic acids is 1. The SMILES string of the molecule is O=C(O)c1cc(NCCOc2ccc3ccccc3c2)ccc1O. The molecule has 3 rings (SSSR count). The summed E-state index contributed by atoms with van der Waals surface area (Å²) >= 11 is 0. The first kappa shape index (κ1) is 15.7. The lowest BCUT2D eigenvalue weighted by atomic mass is 10.1. The normalized spacial score (nSPS) is 10.5. The van der Waals surface area contributed by atoms with Crippen LogP contribution in [0, 0.1) is 0 Å². The van der Waals surface area contributed by atoms with Gasteiger partial charge in [-0.1, -0.05) is 30.3 Å². The van der Waals surface area contributed by atoms with Gasteiger partial charge < -0.3 is 20.3 Å². The molecule has 0 atom stereocenters. The zero-order chi connectivity index (χ0) is 16.9. The molecule has 0 bridgehead atoms. The Morgan fingerprint density at radius 3 is 2.58 bits per heavy atom. The second-order valence-electron chi connectivity index (χ2n) is 5.32. The first-order valence-electron chi connectivity index (χ1n) is 7.55. The van der Waals surface area contributed by atoms with Crippen molar-refractivity contribution in [3.63, 3.8) is 0 Å². The summed E-state index contributed by atoms with van der Waals surface area (Å²) in [7, 11) is 0. The summed E-state index contributed by atoms with van der Waals surface area (Å²) in [4.78, 5) is 11.0. The zero-order valence-electron chi connectivity index (χ0n) is 12.9. The molecule has 0 spiro atoms. The molecule has 0 radical (unpaired) electrons. The molecule has 0 saturated carbocycles. The fourth-order valence-electron chi connectivity index (χ4n) is 2.44. The van der Waals surface area contributed by atoms with Gasteiger partial charge in [0.1, 0.15) is 23.7 Å². The van der Waals surface area contributed by atoms with Gasteiger partial charge in [0.2, 0.25) is 0 Å². The fraction of sp³-hybridized carbons (Fsp3) is 0.105. The van der Waals surface area contributed by atoms with Crippen LogP contribution in [0.1, 0.15) is 10.4 Å². The summed E-state index contributed by atoms with van der Waals surface area (Å²) in [5.74, 6) is -0.628. The summed E-state index contributed by atoms with van der Waals surface area (Å²) < 4.78 is 5.71. The number of ether oxygens (including phenoxy) is 1. The number of carboxylic acids is 1. The van der Waals surface area contributed by atoms with Gasteiger partial charge in [0, 0.05) is 12.2 Å². The minimum atomic E-state index is -1.16. The van der Waals surface area contributed by atoms with Gasteiger partial charge in [-0.3, -0.25) is 0 Å². The molecule has 0 unspecified atom stereocenters. The van der Waals surface area contributed by atoms with E-state index in [9.17, 15) is 9.90 Å². The number of hydrogen-bond donors (Lipinski definition) is 3. The van der Waals surface area contributed by atoms with E-state index in [2.05, 4.69) is 5.32 Å². The standard InChI is InChI=1S/C19H17NO4/c21-18-8-6-15(12-17(18)19(22)23)20-9-10-24-16-7-5-13-3-1-2-4-14(13)11-16/h1-8,11-12,20-21H,9-10H2,(H,22,23). The van der Waals surface area contributed by atoms with Crippen LogP contribution >= 0.6 is 0 Å². The summed E-state index contributed by atoms with van der Waals surface area (Å²) in [6.07, 6.45) is 0. The van der Waals surface area contributed by atoms with Crippen molar-refractivity contribution in [3.05, 3.63) is 66.2 Å². The number of rotatable bonds is 6. The van der Waals surface area contributed by atoms with Crippen molar-refractivity contribution in [2.45, 2.75) is 0 Å². The molecule has 0 aromatic heterocycles. The number of aromatic hydroxyl groups is 1. The van der Waals surface area contributed by atoms with E-state index in [1.807, 2.05) is 42.5 Å². The van der Waals surface area contributed by atoms with E-state index in [4.69, 9.17) is 9.84 Å². The summed E-state index contributed by atoms with van der Waals surface area (Å²) in [6.45, 7) is 0.943. The number of hydrogen-bond acceptors (Lipinski definition) is 4. The van der Waals surface area contributed by atoms with Crippen LogP contribution in [0.5, 0.6) is 11.5 Å². The Hall–Kier alpha value is -3.21. The molecule has 24 heavy (non-hydrogen) atoms. The third kappa shape index (κ3) is 3.57. The highest BCUT2D eigenvalue weighted by Crippen LogP contribution is 2.22. The predicted molar refractivity (Wildman–Crippen MR) is 93.0 cm³/mol. The van der Waals surface area contributed by atoms with Crippen LogP contribution in [0.4, 0.5) is 5.69 Å². The Morgan fingerprint density at radius 2 is 1.79 bits per heavy atom. The van der Waals surface area contributed by atoms with Crippen LogP contribution in [-0.2, 0) is 0 Å². The average molecular weight is 323 g/mol. The number of phenols is 1. The maximum absolute atomic E-state index is 11.0. The number of carboxylic acid groups (broad SMARTS) is 1. The summed E-state index contributed by atoms with van der Waals surface area (Å²) in [5, 5.41) is 23.8. The number of carbonyl (C=O) groups is 1. The molecule has 0 saturated heterocycles. The molecule has 5 heteroatoms. The van der Waals surface area contributed by atoms with E-state index in [1.54, 1.807) is 6.07 Å². The number of fused-ring (bicyclic) bond motifs is 1. The van der Waals surface area contributed by atoms with E-state index in [0.717, 1.165) is 16.5 Å². The Morgan fingerprint density at radius 1 is 1.00 bits per heavy atom. The van der Waals surface area contributed by atoms with Gasteiger partial charge in [0.15, 0.2) is 0 Å². The molecule has 0 heterocycles. The van der Waals surface area contributed by atoms with Crippen LogP contribution < -0.4 is 10.1 Å². The molecule has 0 amide bonds. The molecular formula is C19H17NO4. The molecule has 122 valence electrons. The molecule has 0 aliphatic rings. The van der Waals surface area contributed by atoms with E-state index in [1.165, 1.54) is 12.1 Å². The average Bonchev–Trinajstić information content (AvgIpc) is 2.59. The lowest BCUT2D eigenvalue weighted by Crippen LogP contribution is -2.12. The Bertz CT molecular complexity index is 876. The molecule has 5 nitrogen and oxygen atoms in total. The van der Waals surface area contributed by atoms with Crippen molar-refractivity contribution < 1.29 is 19.7 Å². The monoisotopic (exact) mass is 323 g/mol. The van der Waals surface area contributed by atoms with Gasteiger partial charge in [0.05, 0.1) is 0 Å². The molecule has 0 fully saturated rings. The summed E-state index contributed by atoms with van der Waals surface area (Å²) in [6, 6.07) is 18.4. The highest BCUT2D eigenvalue weighted by molar-refractivity contribution is 5.92. The predicted octanol–water partition coefficient (Wildman–Crippen LogP) is 3.73. The highest BCUT2D eigenvalue weighted by Gasteiger charge is 2.09. The zero-order valence-corrected chi connectivity index (χ0v) is 12.9. The van der Waals surface area contributed by atoms with Gasteiger partial charge in [-0.25, -0.2) is 4.79 Å². The van der Waals surface area contributed by atoms with Crippen molar-refractivity contribution in [2.75, 3.05) is 18.5 Å².